The number of aromatic nitrogens is 3. The van der Waals surface area contributed by atoms with Gasteiger partial charge in [-0.15, -0.1) is 0 Å². The SMILES string of the molecule is CCCn1cc(-c2cc3c(cc2OC)-c2cc(=O)c(C(=O)O)cn2C(C(C)C)C3)cn1. The Bertz CT molecular complexity index is 1210. The Labute approximate surface area is 180 Å². The van der Waals surface area contributed by atoms with E-state index in [4.69, 9.17) is 4.74 Å². The lowest BCUT2D eigenvalue weighted by atomic mass is 9.85. The van der Waals surface area contributed by atoms with E-state index in [0.29, 0.717) is 5.75 Å². The maximum atomic E-state index is 12.5. The number of hydrogen-bond acceptors (Lipinski definition) is 4. The Kier molecular flexibility index (Phi) is 5.43. The predicted molar refractivity (Wildman–Crippen MR) is 119 cm³/mol. The van der Waals surface area contributed by atoms with Crippen LogP contribution in [0.25, 0.3) is 22.4 Å². The maximum Gasteiger partial charge on any atom is 0.341 e. The molecule has 162 valence electrons. The summed E-state index contributed by atoms with van der Waals surface area (Å²) in [6.45, 7) is 7.18. The smallest absolute Gasteiger partial charge is 0.341 e. The van der Waals surface area contributed by atoms with E-state index in [1.165, 1.54) is 12.3 Å². The number of aromatic carboxylic acids is 1. The molecule has 3 heterocycles. The summed E-state index contributed by atoms with van der Waals surface area (Å²) in [6, 6.07) is 5.56. The zero-order valence-corrected chi connectivity index (χ0v) is 18.3. The van der Waals surface area contributed by atoms with Gasteiger partial charge >= 0.3 is 5.97 Å². The molecule has 3 aromatic rings. The van der Waals surface area contributed by atoms with Gasteiger partial charge < -0.3 is 14.4 Å². The summed E-state index contributed by atoms with van der Waals surface area (Å²) in [4.78, 5) is 24.0. The van der Waals surface area contributed by atoms with E-state index in [9.17, 15) is 14.7 Å². The summed E-state index contributed by atoms with van der Waals surface area (Å²) in [7, 11) is 1.63. The minimum Gasteiger partial charge on any atom is -0.496 e. The number of benzene rings is 1. The van der Waals surface area contributed by atoms with Crippen molar-refractivity contribution in [3.8, 4) is 28.1 Å². The molecule has 0 saturated heterocycles. The van der Waals surface area contributed by atoms with Crippen molar-refractivity contribution in [3.63, 3.8) is 0 Å². The van der Waals surface area contributed by atoms with Gasteiger partial charge in [0.25, 0.3) is 0 Å². The number of methoxy groups -OCH3 is 1. The van der Waals surface area contributed by atoms with Gasteiger partial charge in [-0.1, -0.05) is 20.8 Å². The number of pyridine rings is 1. The Balaban J connectivity index is 1.92. The van der Waals surface area contributed by atoms with Crippen LogP contribution in [0.1, 0.15) is 49.2 Å². The molecule has 0 radical (unpaired) electrons. The van der Waals surface area contributed by atoms with Gasteiger partial charge in [0.05, 0.1) is 19.0 Å². The molecule has 1 N–H and O–H groups in total. The Hall–Kier alpha value is -3.35. The molecule has 1 aliphatic rings. The molecule has 0 bridgehead atoms. The van der Waals surface area contributed by atoms with Crippen molar-refractivity contribution < 1.29 is 14.6 Å². The molecule has 7 heteroatoms. The minimum absolute atomic E-state index is 0.0465. The lowest BCUT2D eigenvalue weighted by Crippen LogP contribution is -2.28. The lowest BCUT2D eigenvalue weighted by Gasteiger charge is -2.34. The van der Waals surface area contributed by atoms with Gasteiger partial charge in [-0.2, -0.15) is 5.10 Å². The van der Waals surface area contributed by atoms with Crippen LogP contribution in [0.15, 0.2) is 41.6 Å². The molecule has 1 unspecified atom stereocenters. The van der Waals surface area contributed by atoms with Crippen molar-refractivity contribution in [2.24, 2.45) is 5.92 Å². The normalized spacial score (nSPS) is 14.9. The van der Waals surface area contributed by atoms with E-state index >= 15 is 0 Å². The van der Waals surface area contributed by atoms with Gasteiger partial charge in [0.15, 0.2) is 5.43 Å². The predicted octanol–water partition coefficient (Wildman–Crippen LogP) is 4.25. The Morgan fingerprint density at radius 2 is 2.03 bits per heavy atom. The van der Waals surface area contributed by atoms with Gasteiger partial charge in [-0.05, 0) is 36.5 Å². The molecule has 7 nitrogen and oxygen atoms in total. The summed E-state index contributed by atoms with van der Waals surface area (Å²) in [5.74, 6) is -0.251. The topological polar surface area (TPSA) is 86.4 Å². The van der Waals surface area contributed by atoms with Crippen LogP contribution in [0, 0.1) is 5.92 Å². The van der Waals surface area contributed by atoms with E-state index < -0.39 is 11.4 Å². The molecule has 0 spiro atoms. The van der Waals surface area contributed by atoms with E-state index in [1.807, 2.05) is 27.7 Å². The molecule has 4 rings (SSSR count). The number of fused-ring (bicyclic) bond motifs is 3. The first kappa shape index (κ1) is 20.9. The molecule has 0 aliphatic carbocycles. The molecule has 1 atom stereocenters. The van der Waals surface area contributed by atoms with E-state index in [-0.39, 0.29) is 17.5 Å². The quantitative estimate of drug-likeness (QED) is 0.643. The van der Waals surface area contributed by atoms with Crippen molar-refractivity contribution in [1.82, 2.24) is 14.3 Å². The maximum absolute atomic E-state index is 12.5. The average Bonchev–Trinajstić information content (AvgIpc) is 3.20. The highest BCUT2D eigenvalue weighted by atomic mass is 16.5. The van der Waals surface area contributed by atoms with Crippen LogP contribution in [0.2, 0.25) is 0 Å². The fraction of sp³-hybridized carbons (Fsp3) is 0.375. The van der Waals surface area contributed by atoms with Crippen molar-refractivity contribution in [2.75, 3.05) is 7.11 Å². The van der Waals surface area contributed by atoms with Gasteiger partial charge in [0.2, 0.25) is 0 Å². The van der Waals surface area contributed by atoms with Gasteiger partial charge in [-0.25, -0.2) is 4.79 Å². The monoisotopic (exact) mass is 421 g/mol. The molecule has 2 aromatic heterocycles. The number of hydrogen-bond donors (Lipinski definition) is 1. The first-order valence-corrected chi connectivity index (χ1v) is 10.6. The molecular weight excluding hydrogens is 394 g/mol. The fourth-order valence-electron chi connectivity index (χ4n) is 4.36. The zero-order valence-electron chi connectivity index (χ0n) is 18.3. The minimum atomic E-state index is -1.20. The second-order valence-electron chi connectivity index (χ2n) is 8.37. The molecule has 1 aliphatic heterocycles. The Morgan fingerprint density at radius 1 is 1.26 bits per heavy atom. The summed E-state index contributed by atoms with van der Waals surface area (Å²) in [6.07, 6.45) is 7.10. The van der Waals surface area contributed by atoms with Crippen LogP contribution in [0.3, 0.4) is 0 Å². The summed E-state index contributed by atoms with van der Waals surface area (Å²) >= 11 is 0. The van der Waals surface area contributed by atoms with E-state index in [2.05, 4.69) is 31.9 Å². The number of carboxylic acids is 1. The van der Waals surface area contributed by atoms with Crippen LogP contribution in [0.4, 0.5) is 0 Å². The van der Waals surface area contributed by atoms with Crippen molar-refractivity contribution in [2.45, 2.75) is 46.2 Å². The number of ether oxygens (including phenoxy) is 1. The number of carboxylic acid groups (broad SMARTS) is 1. The van der Waals surface area contributed by atoms with E-state index in [0.717, 1.165) is 47.3 Å². The molecule has 31 heavy (non-hydrogen) atoms. The highest BCUT2D eigenvalue weighted by Crippen LogP contribution is 2.42. The number of carbonyl (C=O) groups is 1. The van der Waals surface area contributed by atoms with Crippen LogP contribution in [-0.4, -0.2) is 32.5 Å². The van der Waals surface area contributed by atoms with Crippen molar-refractivity contribution in [3.05, 3.63) is 58.1 Å². The zero-order chi connectivity index (χ0) is 22.3. The van der Waals surface area contributed by atoms with Crippen LogP contribution >= 0.6 is 0 Å². The van der Waals surface area contributed by atoms with Crippen LogP contribution in [-0.2, 0) is 13.0 Å². The van der Waals surface area contributed by atoms with Crippen LogP contribution in [0.5, 0.6) is 5.75 Å². The molecular formula is C24H27N3O4. The lowest BCUT2D eigenvalue weighted by molar-refractivity contribution is 0.0694. The summed E-state index contributed by atoms with van der Waals surface area (Å²) in [5, 5.41) is 13.9. The third-order valence-electron chi connectivity index (χ3n) is 5.96. The van der Waals surface area contributed by atoms with Gasteiger partial charge in [0, 0.05) is 47.7 Å². The molecule has 0 fully saturated rings. The van der Waals surface area contributed by atoms with Gasteiger partial charge in [0.1, 0.15) is 11.3 Å². The third-order valence-corrected chi connectivity index (χ3v) is 5.96. The second kappa shape index (κ2) is 8.06. The first-order valence-electron chi connectivity index (χ1n) is 10.6. The summed E-state index contributed by atoms with van der Waals surface area (Å²) < 4.78 is 9.56. The number of aryl methyl sites for hydroxylation is 1. The highest BCUT2D eigenvalue weighted by molar-refractivity contribution is 5.88. The van der Waals surface area contributed by atoms with Crippen molar-refractivity contribution >= 4 is 5.97 Å². The van der Waals surface area contributed by atoms with Gasteiger partial charge in [-0.3, -0.25) is 9.48 Å². The van der Waals surface area contributed by atoms with Crippen LogP contribution < -0.4 is 10.2 Å². The molecule has 0 saturated carbocycles. The molecule has 1 aromatic carbocycles. The molecule has 0 amide bonds. The fourth-order valence-corrected chi connectivity index (χ4v) is 4.36. The first-order chi connectivity index (χ1) is 14.8. The Morgan fingerprint density at radius 3 is 2.68 bits per heavy atom. The summed E-state index contributed by atoms with van der Waals surface area (Å²) in [5.41, 5.74) is 3.99. The third kappa shape index (κ3) is 3.65. The highest BCUT2D eigenvalue weighted by Gasteiger charge is 2.29. The average molecular weight is 421 g/mol. The van der Waals surface area contributed by atoms with Crippen molar-refractivity contribution in [1.29, 1.82) is 0 Å². The second-order valence-corrected chi connectivity index (χ2v) is 8.37. The number of nitrogens with zero attached hydrogens (tertiary/aromatic N) is 3. The largest absolute Gasteiger partial charge is 0.496 e. The number of rotatable bonds is 6. The van der Waals surface area contributed by atoms with E-state index in [1.54, 1.807) is 7.11 Å². The standard InChI is InChI=1S/C24H27N3O4/c1-5-6-26-12-16(11-25-26)18-7-15-8-20(14(2)3)27-13-19(24(29)30)22(28)10-21(27)17(15)9-23(18)31-4/h7,9-14,20H,5-6,8H2,1-4H3,(H,29,30).